The third kappa shape index (κ3) is 6.46. The van der Waals surface area contributed by atoms with Gasteiger partial charge in [-0.2, -0.15) is 0 Å². The fraction of sp³-hybridized carbons (Fsp3) is 0.257. The highest BCUT2D eigenvalue weighted by atomic mass is 32.1. The molecular weight excluding hydrogens is 684 g/mol. The number of nitrogens with one attached hydrogen (secondary N) is 1. The van der Waals surface area contributed by atoms with Crippen molar-refractivity contribution in [1.29, 1.82) is 0 Å². The van der Waals surface area contributed by atoms with Crippen LogP contribution in [0, 0.1) is 0 Å². The van der Waals surface area contributed by atoms with E-state index in [1.54, 1.807) is 31.3 Å². The minimum Gasteiger partial charge on any atom is -0.496 e. The van der Waals surface area contributed by atoms with Crippen molar-refractivity contribution < 1.29 is 52.8 Å². The summed E-state index contributed by atoms with van der Waals surface area (Å²) in [4.78, 5) is 79.4. The van der Waals surface area contributed by atoms with Crippen LogP contribution in [0.4, 0.5) is 21.0 Å². The van der Waals surface area contributed by atoms with Gasteiger partial charge in [-0.15, -0.1) is 12.6 Å². The molecule has 1 aliphatic carbocycles. The summed E-state index contributed by atoms with van der Waals surface area (Å²) >= 11 is 3.89. The van der Waals surface area contributed by atoms with Crippen LogP contribution in [0.1, 0.15) is 59.2 Å². The molecule has 0 saturated carbocycles. The van der Waals surface area contributed by atoms with Crippen molar-refractivity contribution in [3.63, 3.8) is 0 Å². The van der Waals surface area contributed by atoms with Gasteiger partial charge < -0.3 is 33.5 Å². The van der Waals surface area contributed by atoms with Crippen LogP contribution in [0.2, 0.25) is 0 Å². The summed E-state index contributed by atoms with van der Waals surface area (Å²) in [6.45, 7) is 3.63. The van der Waals surface area contributed by atoms with Crippen molar-refractivity contribution in [1.82, 2.24) is 9.47 Å². The number of hydrogen-bond acceptors (Lipinski definition) is 11. The number of aliphatic hydroxyl groups excluding tert-OH is 1. The van der Waals surface area contributed by atoms with Crippen molar-refractivity contribution in [3.8, 4) is 5.75 Å². The summed E-state index contributed by atoms with van der Waals surface area (Å²) in [6, 6.07) is 9.56. The summed E-state index contributed by atoms with van der Waals surface area (Å²) in [5.74, 6) is -1.38. The van der Waals surface area contributed by atoms with Gasteiger partial charge in [-0.3, -0.25) is 24.5 Å². The van der Waals surface area contributed by atoms with Crippen molar-refractivity contribution in [2.75, 3.05) is 31.0 Å². The van der Waals surface area contributed by atoms with Crippen LogP contribution in [-0.4, -0.2) is 82.4 Å². The lowest BCUT2D eigenvalue weighted by Gasteiger charge is -2.31. The van der Waals surface area contributed by atoms with Gasteiger partial charge in [0.2, 0.25) is 16.7 Å². The lowest BCUT2D eigenvalue weighted by Crippen LogP contribution is -2.50. The maximum atomic E-state index is 13.6. The summed E-state index contributed by atoms with van der Waals surface area (Å²) in [7, 11) is 4.20. The molecule has 1 fully saturated rings. The maximum Gasteiger partial charge on any atom is 0.416 e. The number of ketones is 2. The van der Waals surface area contributed by atoms with E-state index in [-0.39, 0.29) is 65.8 Å². The van der Waals surface area contributed by atoms with Crippen molar-refractivity contribution in [3.05, 3.63) is 100 Å². The first-order chi connectivity index (χ1) is 24.3. The van der Waals surface area contributed by atoms with Crippen molar-refractivity contribution in [2.24, 2.45) is 7.05 Å². The molecule has 2 atom stereocenters. The molecule has 0 radical (unpaired) electrons. The molecule has 0 spiro atoms. The van der Waals surface area contributed by atoms with Gasteiger partial charge in [-0.1, -0.05) is 24.3 Å². The van der Waals surface area contributed by atoms with E-state index in [9.17, 15) is 33.9 Å². The number of carbonyl (C=O) groups excluding carboxylic acids is 6. The Kier molecular flexibility index (Phi) is 9.46. The van der Waals surface area contributed by atoms with Crippen LogP contribution >= 0.6 is 12.6 Å². The zero-order valence-corrected chi connectivity index (χ0v) is 28.5. The number of methoxy groups -OCH3 is 2. The predicted octanol–water partition coefficient (Wildman–Crippen LogP) is 4.01. The molecule has 3 heterocycles. The number of aromatic nitrogens is 1. The Morgan fingerprint density at radius 2 is 1.73 bits per heavy atom. The van der Waals surface area contributed by atoms with E-state index in [1.807, 2.05) is 0 Å². The number of aliphatic hydroxyl groups is 1. The molecule has 6 rings (SSSR count). The van der Waals surface area contributed by atoms with E-state index < -0.39 is 47.0 Å². The summed E-state index contributed by atoms with van der Waals surface area (Å²) in [6.07, 6.45) is -1.91. The standard InChI is InChI=1S/C35H32N4O11S/c1-17-9-25-32(43)39(24-12-27(47-3)22(33(44)51)11-21(24)31(42)38(25)14-17)35(46)50-15-18-5-7-19(8-6-18)36-34(45)49-16-20-10-23-29(37(20)2)26(40)13-28(48-4)30(23)41/h5-8,10-13,25,32,43H,1,9,14-16H2,2-4H3,(H,36,45)(H,44,51)/t25-,32?/m0/s1. The van der Waals surface area contributed by atoms with Gasteiger partial charge in [0.15, 0.2) is 12.0 Å². The first kappa shape index (κ1) is 35.0. The fourth-order valence-corrected chi connectivity index (χ4v) is 6.44. The molecule has 0 bridgehead atoms. The van der Waals surface area contributed by atoms with Gasteiger partial charge in [0, 0.05) is 31.4 Å². The zero-order chi connectivity index (χ0) is 36.7. The van der Waals surface area contributed by atoms with Gasteiger partial charge in [-0.05, 0) is 36.2 Å². The Bertz CT molecular complexity index is 2050. The van der Waals surface area contributed by atoms with Gasteiger partial charge in [-0.25, -0.2) is 14.5 Å². The minimum absolute atomic E-state index is 0.00383. The van der Waals surface area contributed by atoms with Gasteiger partial charge in [0.1, 0.15) is 24.7 Å². The van der Waals surface area contributed by atoms with Gasteiger partial charge in [0.05, 0.1) is 48.3 Å². The molecule has 15 nitrogen and oxygen atoms in total. The Hall–Kier alpha value is -5.87. The Morgan fingerprint density at radius 1 is 1.00 bits per heavy atom. The van der Waals surface area contributed by atoms with Crippen LogP contribution in [0.5, 0.6) is 5.75 Å². The monoisotopic (exact) mass is 716 g/mol. The average molecular weight is 717 g/mol. The molecule has 51 heavy (non-hydrogen) atoms. The lowest BCUT2D eigenvalue weighted by atomic mass is 10.0. The number of ether oxygens (including phenoxy) is 4. The minimum atomic E-state index is -1.51. The lowest BCUT2D eigenvalue weighted by molar-refractivity contribution is 0.0485. The van der Waals surface area contributed by atoms with Gasteiger partial charge in [0.25, 0.3) is 5.91 Å². The number of anilines is 2. The Balaban J connectivity index is 1.11. The highest BCUT2D eigenvalue weighted by Gasteiger charge is 2.46. The zero-order valence-electron chi connectivity index (χ0n) is 27.6. The average Bonchev–Trinajstić information content (AvgIpc) is 3.65. The van der Waals surface area contributed by atoms with E-state index in [1.165, 1.54) is 41.9 Å². The number of benzene rings is 2. The van der Waals surface area contributed by atoms with E-state index in [0.717, 1.165) is 11.0 Å². The molecule has 2 aliphatic heterocycles. The quantitative estimate of drug-likeness (QED) is 0.226. The molecular formula is C35H32N4O11S. The van der Waals surface area contributed by atoms with E-state index in [2.05, 4.69) is 24.5 Å². The Labute approximate surface area is 296 Å². The van der Waals surface area contributed by atoms with Crippen LogP contribution in [0.3, 0.4) is 0 Å². The molecule has 3 amide bonds. The maximum absolute atomic E-state index is 13.6. The van der Waals surface area contributed by atoms with Crippen LogP contribution in [0.25, 0.3) is 0 Å². The topological polar surface area (TPSA) is 183 Å². The second-order valence-corrected chi connectivity index (χ2v) is 12.3. The largest absolute Gasteiger partial charge is 0.496 e. The number of hydrogen-bond donors (Lipinski definition) is 3. The molecule has 3 aromatic rings. The number of rotatable bonds is 8. The van der Waals surface area contributed by atoms with Crippen LogP contribution < -0.4 is 15.0 Å². The normalized spacial score (nSPS) is 17.9. The number of fused-ring (bicyclic) bond motifs is 3. The third-order valence-corrected chi connectivity index (χ3v) is 9.07. The fourth-order valence-electron chi connectivity index (χ4n) is 6.26. The number of carbonyl (C=O) groups is 6. The smallest absolute Gasteiger partial charge is 0.416 e. The molecule has 3 aliphatic rings. The number of thiol groups is 1. The molecule has 264 valence electrons. The first-order valence-corrected chi connectivity index (χ1v) is 15.9. The summed E-state index contributed by atoms with van der Waals surface area (Å²) in [5, 5.41) is 13.4. The van der Waals surface area contributed by atoms with Crippen molar-refractivity contribution >= 4 is 58.8 Å². The number of nitrogens with zero attached hydrogens (tertiary/aromatic N) is 3. The van der Waals surface area contributed by atoms with Crippen LogP contribution in [0.15, 0.2) is 66.5 Å². The Morgan fingerprint density at radius 3 is 2.39 bits per heavy atom. The molecule has 1 saturated heterocycles. The molecule has 2 N–H and O–H groups in total. The number of allylic oxidation sites excluding steroid dienone is 2. The summed E-state index contributed by atoms with van der Waals surface area (Å²) in [5.41, 5.74) is 2.31. The van der Waals surface area contributed by atoms with E-state index >= 15 is 0 Å². The first-order valence-electron chi connectivity index (χ1n) is 15.5. The second-order valence-electron chi connectivity index (χ2n) is 11.9. The highest BCUT2D eigenvalue weighted by Crippen LogP contribution is 2.40. The number of amides is 3. The van der Waals surface area contributed by atoms with Crippen molar-refractivity contribution in [2.45, 2.75) is 31.9 Å². The van der Waals surface area contributed by atoms with E-state index in [0.29, 0.717) is 22.5 Å². The molecule has 1 aromatic heterocycles. The van der Waals surface area contributed by atoms with E-state index in [4.69, 9.17) is 18.9 Å². The van der Waals surface area contributed by atoms with Gasteiger partial charge >= 0.3 is 12.2 Å². The highest BCUT2D eigenvalue weighted by molar-refractivity contribution is 7.97. The van der Waals surface area contributed by atoms with Crippen LogP contribution in [-0.2, 0) is 34.5 Å². The summed E-state index contributed by atoms with van der Waals surface area (Å²) < 4.78 is 22.7. The molecule has 16 heteroatoms. The second kappa shape index (κ2) is 13.8. The predicted molar refractivity (Wildman–Crippen MR) is 183 cm³/mol. The SMILES string of the molecule is C=C1C[C@H]2C(O)N(C(=O)OCc3ccc(NC(=O)OCc4cc5c(n4C)C(=O)C=C(OC)C5=O)cc3)c3cc(OC)c(C(=O)S)cc3C(=O)N2C1. The molecule has 1 unspecified atom stereocenters. The third-order valence-electron chi connectivity index (χ3n) is 8.83. The molecule has 2 aromatic carbocycles. The number of Topliss-reactive ketones (excluding diaryl/α,β-unsaturated/α-hetero) is 1.